The van der Waals surface area contributed by atoms with Crippen LogP contribution in [0.1, 0.15) is 11.8 Å². The Bertz CT molecular complexity index is 465. The average molecular weight is 308 g/mol. The van der Waals surface area contributed by atoms with Crippen LogP contribution in [0.3, 0.4) is 0 Å². The zero-order chi connectivity index (χ0) is 14.8. The molecule has 1 amide bonds. The van der Waals surface area contributed by atoms with E-state index in [4.69, 9.17) is 4.74 Å². The quantitative estimate of drug-likeness (QED) is 0.771. The highest BCUT2D eigenvalue weighted by Crippen LogP contribution is 2.52. The number of rotatable bonds is 7. The number of ether oxygens (including phenoxy) is 1. The molecule has 0 aromatic carbocycles. The highest BCUT2D eigenvalue weighted by molar-refractivity contribution is 7.09. The summed E-state index contributed by atoms with van der Waals surface area (Å²) in [6.45, 7) is 7.56. The molecular weight excluding hydrogens is 284 g/mol. The second-order valence-electron chi connectivity index (χ2n) is 6.22. The van der Waals surface area contributed by atoms with E-state index in [2.05, 4.69) is 22.4 Å². The van der Waals surface area contributed by atoms with E-state index in [0.29, 0.717) is 0 Å². The van der Waals surface area contributed by atoms with Gasteiger partial charge in [-0.25, -0.2) is 0 Å². The fourth-order valence-corrected chi connectivity index (χ4v) is 4.30. The Balaban J connectivity index is 1.51. The lowest BCUT2D eigenvalue weighted by molar-refractivity contribution is -0.128. The number of likely N-dealkylation sites (tertiary alicyclic amines) is 1. The predicted molar refractivity (Wildman–Crippen MR) is 84.2 cm³/mol. The Hall–Kier alpha value is -0.910. The summed E-state index contributed by atoms with van der Waals surface area (Å²) in [5.74, 6) is 2.48. The molecule has 0 radical (unpaired) electrons. The van der Waals surface area contributed by atoms with Gasteiger partial charge in [0.05, 0.1) is 6.61 Å². The molecule has 0 spiro atoms. The molecule has 2 fully saturated rings. The van der Waals surface area contributed by atoms with E-state index in [0.717, 1.165) is 57.1 Å². The molecule has 2 aliphatic rings. The second-order valence-corrected chi connectivity index (χ2v) is 7.26. The molecule has 116 valence electrons. The number of hydrogen-bond donors (Lipinski definition) is 0. The molecule has 1 aliphatic carbocycles. The Labute approximate surface area is 130 Å². The molecule has 1 saturated heterocycles. The zero-order valence-corrected chi connectivity index (χ0v) is 13.6. The van der Waals surface area contributed by atoms with Crippen LogP contribution in [0, 0.1) is 17.8 Å². The van der Waals surface area contributed by atoms with Crippen molar-refractivity contribution in [2.24, 2.45) is 17.8 Å². The number of amides is 1. The van der Waals surface area contributed by atoms with Gasteiger partial charge >= 0.3 is 0 Å². The van der Waals surface area contributed by atoms with E-state index in [1.54, 1.807) is 14.0 Å². The second kappa shape index (κ2) is 6.46. The highest BCUT2D eigenvalue weighted by atomic mass is 32.1. The van der Waals surface area contributed by atoms with E-state index < -0.39 is 0 Å². The van der Waals surface area contributed by atoms with E-state index in [-0.39, 0.29) is 5.91 Å². The summed E-state index contributed by atoms with van der Waals surface area (Å²) in [6.07, 6.45) is 0. The van der Waals surface area contributed by atoms with Crippen LogP contribution in [0.15, 0.2) is 17.5 Å². The largest absolute Gasteiger partial charge is 0.383 e. The standard InChI is InChI=1S/C16H24N2O2S/c1-12(19)18-10-15-14(16(15)11-18)9-17(5-6-20-2)8-13-4-3-7-21-13/h3-4,7,14-16H,5-6,8-11H2,1-2H3. The van der Waals surface area contributed by atoms with Gasteiger partial charge in [0.15, 0.2) is 0 Å². The first-order valence-corrected chi connectivity index (χ1v) is 8.56. The lowest BCUT2D eigenvalue weighted by Gasteiger charge is -2.24. The first-order valence-electron chi connectivity index (χ1n) is 7.68. The topological polar surface area (TPSA) is 32.8 Å². The van der Waals surface area contributed by atoms with Crippen LogP contribution >= 0.6 is 11.3 Å². The van der Waals surface area contributed by atoms with Gasteiger partial charge in [-0.05, 0) is 29.2 Å². The minimum absolute atomic E-state index is 0.232. The molecular formula is C16H24N2O2S. The van der Waals surface area contributed by atoms with E-state index in [1.165, 1.54) is 4.88 Å². The van der Waals surface area contributed by atoms with Gasteiger partial charge in [0.2, 0.25) is 5.91 Å². The maximum atomic E-state index is 11.4. The number of hydrogen-bond acceptors (Lipinski definition) is 4. The van der Waals surface area contributed by atoms with Gasteiger partial charge in [-0.3, -0.25) is 9.69 Å². The van der Waals surface area contributed by atoms with Crippen molar-refractivity contribution in [2.75, 3.05) is 39.9 Å². The van der Waals surface area contributed by atoms with E-state index in [1.807, 2.05) is 16.2 Å². The summed E-state index contributed by atoms with van der Waals surface area (Å²) in [7, 11) is 1.76. The van der Waals surface area contributed by atoms with Crippen molar-refractivity contribution in [3.63, 3.8) is 0 Å². The van der Waals surface area contributed by atoms with Gasteiger partial charge in [-0.2, -0.15) is 0 Å². The summed E-state index contributed by atoms with van der Waals surface area (Å²) in [5.41, 5.74) is 0. The molecule has 4 nitrogen and oxygen atoms in total. The number of methoxy groups -OCH3 is 1. The van der Waals surface area contributed by atoms with E-state index >= 15 is 0 Å². The Kier molecular flexibility index (Phi) is 4.62. The highest BCUT2D eigenvalue weighted by Gasteiger charge is 2.56. The van der Waals surface area contributed by atoms with Gasteiger partial charge in [-0.1, -0.05) is 6.07 Å². The summed E-state index contributed by atoms with van der Waals surface area (Å²) in [4.78, 5) is 17.3. The minimum atomic E-state index is 0.232. The molecule has 5 heteroatoms. The van der Waals surface area contributed by atoms with Gasteiger partial charge in [-0.15, -0.1) is 11.3 Å². The van der Waals surface area contributed by atoms with Crippen molar-refractivity contribution in [1.29, 1.82) is 0 Å². The normalized spacial score (nSPS) is 27.2. The van der Waals surface area contributed by atoms with Crippen LogP contribution in [-0.2, 0) is 16.1 Å². The van der Waals surface area contributed by atoms with Crippen molar-refractivity contribution in [2.45, 2.75) is 13.5 Å². The maximum Gasteiger partial charge on any atom is 0.219 e. The number of fused-ring (bicyclic) bond motifs is 1. The molecule has 1 aromatic heterocycles. The van der Waals surface area contributed by atoms with Crippen molar-refractivity contribution >= 4 is 17.2 Å². The maximum absolute atomic E-state index is 11.4. The van der Waals surface area contributed by atoms with Crippen LogP contribution in [-0.4, -0.2) is 55.6 Å². The van der Waals surface area contributed by atoms with Gasteiger partial charge in [0.1, 0.15) is 0 Å². The Morgan fingerprint density at radius 1 is 1.48 bits per heavy atom. The Morgan fingerprint density at radius 3 is 2.81 bits per heavy atom. The summed E-state index contributed by atoms with van der Waals surface area (Å²) >= 11 is 1.82. The summed E-state index contributed by atoms with van der Waals surface area (Å²) < 4.78 is 5.24. The van der Waals surface area contributed by atoms with Crippen LogP contribution in [0.25, 0.3) is 0 Å². The molecule has 1 aliphatic heterocycles. The lowest BCUT2D eigenvalue weighted by Crippen LogP contribution is -2.34. The molecule has 2 heterocycles. The number of carbonyl (C=O) groups is 1. The third-order valence-corrected chi connectivity index (χ3v) is 5.72. The van der Waals surface area contributed by atoms with Crippen LogP contribution in [0.2, 0.25) is 0 Å². The monoisotopic (exact) mass is 308 g/mol. The third kappa shape index (κ3) is 3.47. The molecule has 2 unspecified atom stereocenters. The Morgan fingerprint density at radius 2 is 2.24 bits per heavy atom. The van der Waals surface area contributed by atoms with Crippen molar-refractivity contribution < 1.29 is 9.53 Å². The van der Waals surface area contributed by atoms with Crippen LogP contribution in [0.5, 0.6) is 0 Å². The van der Waals surface area contributed by atoms with Crippen LogP contribution < -0.4 is 0 Å². The summed E-state index contributed by atoms with van der Waals surface area (Å²) in [6, 6.07) is 4.32. The molecule has 1 saturated carbocycles. The lowest BCUT2D eigenvalue weighted by atomic mass is 10.2. The minimum Gasteiger partial charge on any atom is -0.383 e. The van der Waals surface area contributed by atoms with Gasteiger partial charge in [0, 0.05) is 51.6 Å². The first-order chi connectivity index (χ1) is 10.2. The van der Waals surface area contributed by atoms with Gasteiger partial charge in [0.25, 0.3) is 0 Å². The van der Waals surface area contributed by atoms with Crippen molar-refractivity contribution in [1.82, 2.24) is 9.80 Å². The number of nitrogens with zero attached hydrogens (tertiary/aromatic N) is 2. The van der Waals surface area contributed by atoms with E-state index in [9.17, 15) is 4.79 Å². The average Bonchev–Trinajstić information content (AvgIpc) is 2.92. The SMILES string of the molecule is COCCN(Cc1cccs1)CC1C2CN(C(C)=O)CC12. The molecule has 3 rings (SSSR count). The first kappa shape index (κ1) is 15.0. The zero-order valence-electron chi connectivity index (χ0n) is 12.8. The third-order valence-electron chi connectivity index (χ3n) is 4.86. The van der Waals surface area contributed by atoms with Crippen LogP contribution in [0.4, 0.5) is 0 Å². The van der Waals surface area contributed by atoms with Crippen molar-refractivity contribution in [3.8, 4) is 0 Å². The number of piperidine rings is 1. The number of carbonyl (C=O) groups excluding carboxylic acids is 1. The number of thiophene rings is 1. The molecule has 2 atom stereocenters. The van der Waals surface area contributed by atoms with Crippen molar-refractivity contribution in [3.05, 3.63) is 22.4 Å². The predicted octanol–water partition coefficient (Wildman–Crippen LogP) is 1.92. The molecule has 1 aromatic rings. The molecule has 21 heavy (non-hydrogen) atoms. The molecule has 0 bridgehead atoms. The smallest absolute Gasteiger partial charge is 0.219 e. The fraction of sp³-hybridized carbons (Fsp3) is 0.688. The summed E-state index contributed by atoms with van der Waals surface area (Å²) in [5, 5.41) is 2.14. The fourth-order valence-electron chi connectivity index (χ4n) is 3.55. The molecule has 0 N–H and O–H groups in total. The van der Waals surface area contributed by atoms with Gasteiger partial charge < -0.3 is 9.64 Å².